The van der Waals surface area contributed by atoms with Crippen molar-refractivity contribution >= 4 is 28.8 Å². The number of nitrogens with zero attached hydrogens (tertiary/aromatic N) is 1. The van der Waals surface area contributed by atoms with Crippen LogP contribution < -0.4 is 10.1 Å². The van der Waals surface area contributed by atoms with Gasteiger partial charge in [0.15, 0.2) is 5.78 Å². The number of carbonyl (C=O) groups excluding carboxylic acids is 1. The van der Waals surface area contributed by atoms with E-state index < -0.39 is 0 Å². The lowest BCUT2D eigenvalue weighted by atomic mass is 9.66. The molecular formula is C20H21ClN2O2. The van der Waals surface area contributed by atoms with Crippen LogP contribution in [0.4, 0.5) is 11.4 Å². The van der Waals surface area contributed by atoms with E-state index in [1.807, 2.05) is 18.2 Å². The molecule has 0 spiro atoms. The van der Waals surface area contributed by atoms with Crippen LogP contribution in [0.2, 0.25) is 5.02 Å². The molecular weight excluding hydrogens is 336 g/mol. The zero-order valence-electron chi connectivity index (χ0n) is 14.4. The Labute approximate surface area is 152 Å². The minimum Gasteiger partial charge on any atom is -0.495 e. The Kier molecular flexibility index (Phi) is 4.16. The molecule has 0 unspecified atom stereocenters. The number of aromatic nitrogens is 1. The highest BCUT2D eigenvalue weighted by molar-refractivity contribution is 6.32. The fourth-order valence-electron chi connectivity index (χ4n) is 4.34. The van der Waals surface area contributed by atoms with Crippen LogP contribution >= 0.6 is 11.6 Å². The van der Waals surface area contributed by atoms with E-state index in [1.54, 1.807) is 20.2 Å². The molecule has 5 heteroatoms. The van der Waals surface area contributed by atoms with Gasteiger partial charge in [0.05, 0.1) is 24.0 Å². The number of ether oxygens (including phenoxy) is 1. The second-order valence-corrected chi connectivity index (χ2v) is 7.33. The molecule has 5 rings (SSSR count). The molecule has 0 amide bonds. The van der Waals surface area contributed by atoms with E-state index in [-0.39, 0.29) is 5.78 Å². The van der Waals surface area contributed by atoms with Crippen molar-refractivity contribution in [1.29, 1.82) is 0 Å². The van der Waals surface area contributed by atoms with Crippen molar-refractivity contribution in [3.05, 3.63) is 46.2 Å². The summed E-state index contributed by atoms with van der Waals surface area (Å²) in [6, 6.07) is 5.63. The number of rotatable bonds is 4. The zero-order valence-corrected chi connectivity index (χ0v) is 15.2. The number of hydrogen-bond donors (Lipinski definition) is 1. The van der Waals surface area contributed by atoms with Gasteiger partial charge in [0.2, 0.25) is 0 Å². The Balaban J connectivity index is 1.79. The molecule has 1 aromatic carbocycles. The lowest BCUT2D eigenvalue weighted by Gasteiger charge is -2.40. The third-order valence-electron chi connectivity index (χ3n) is 5.47. The number of anilines is 2. The van der Waals surface area contributed by atoms with Crippen LogP contribution in [0.25, 0.3) is 0 Å². The number of benzene rings is 1. The maximum Gasteiger partial charge on any atom is 0.178 e. The molecule has 2 aromatic rings. The summed E-state index contributed by atoms with van der Waals surface area (Å²) in [5.41, 5.74) is 5.03. The van der Waals surface area contributed by atoms with Crippen LogP contribution in [0.5, 0.6) is 5.75 Å². The van der Waals surface area contributed by atoms with Gasteiger partial charge < -0.3 is 10.1 Å². The van der Waals surface area contributed by atoms with Crippen LogP contribution in [0.1, 0.15) is 66.1 Å². The fourth-order valence-corrected chi connectivity index (χ4v) is 4.53. The van der Waals surface area contributed by atoms with Crippen molar-refractivity contribution in [3.8, 4) is 5.75 Å². The van der Waals surface area contributed by atoms with Crippen molar-refractivity contribution < 1.29 is 9.53 Å². The normalized spacial score (nSPS) is 20.9. The molecule has 130 valence electrons. The van der Waals surface area contributed by atoms with E-state index in [0.717, 1.165) is 24.2 Å². The molecule has 1 heterocycles. The molecule has 25 heavy (non-hydrogen) atoms. The fraction of sp³-hybridized carbons (Fsp3) is 0.400. The van der Waals surface area contributed by atoms with Gasteiger partial charge in [-0.25, -0.2) is 0 Å². The molecule has 1 fully saturated rings. The molecule has 0 radical (unpaired) electrons. The van der Waals surface area contributed by atoms with Gasteiger partial charge in [-0.05, 0) is 60.8 Å². The van der Waals surface area contributed by atoms with Crippen LogP contribution in [-0.2, 0) is 0 Å². The molecule has 1 N–H and O–H groups in total. The number of methoxy groups -OCH3 is 1. The first-order valence-electron chi connectivity index (χ1n) is 8.72. The number of hydrogen-bond acceptors (Lipinski definition) is 4. The first-order chi connectivity index (χ1) is 12.1. The number of pyridine rings is 1. The lowest BCUT2D eigenvalue weighted by molar-refractivity contribution is 0.101. The summed E-state index contributed by atoms with van der Waals surface area (Å²) < 4.78 is 5.30. The number of Topliss-reactive ketones (excluding diaryl/α,β-unsaturated/α-hetero) is 1. The molecule has 0 atom stereocenters. The first-order valence-corrected chi connectivity index (χ1v) is 9.10. The Morgan fingerprint density at radius 2 is 1.88 bits per heavy atom. The Bertz CT molecular complexity index is 842. The third kappa shape index (κ3) is 2.78. The molecule has 3 aliphatic rings. The predicted octanol–water partition coefficient (Wildman–Crippen LogP) is 5.44. The van der Waals surface area contributed by atoms with E-state index in [4.69, 9.17) is 16.3 Å². The smallest absolute Gasteiger partial charge is 0.178 e. The molecule has 1 saturated carbocycles. The second kappa shape index (κ2) is 6.34. The summed E-state index contributed by atoms with van der Waals surface area (Å²) in [7, 11) is 1.61. The van der Waals surface area contributed by atoms with Crippen LogP contribution in [0, 0.1) is 0 Å². The van der Waals surface area contributed by atoms with Crippen molar-refractivity contribution in [2.45, 2.75) is 44.4 Å². The van der Waals surface area contributed by atoms with Gasteiger partial charge in [-0.3, -0.25) is 9.78 Å². The molecule has 4 nitrogen and oxygen atoms in total. The first kappa shape index (κ1) is 16.4. The monoisotopic (exact) mass is 356 g/mol. The highest BCUT2D eigenvalue weighted by Crippen LogP contribution is 2.52. The standard InChI is InChI=1S/C20H21ClN2O2/c1-11(24)20-19-13-5-3-12(4-6-13)18(19)16(10-22-20)23-14-7-8-15(21)17(9-14)25-2/h7-10,12-13,23H,3-6H2,1-2H3. The topological polar surface area (TPSA) is 51.2 Å². The summed E-state index contributed by atoms with van der Waals surface area (Å²) in [5.74, 6) is 1.67. The van der Waals surface area contributed by atoms with E-state index in [0.29, 0.717) is 28.3 Å². The molecule has 3 aliphatic carbocycles. The van der Waals surface area contributed by atoms with Crippen LogP contribution in [0.15, 0.2) is 24.4 Å². The second-order valence-electron chi connectivity index (χ2n) is 6.93. The van der Waals surface area contributed by atoms with E-state index in [1.165, 1.54) is 24.0 Å². The average Bonchev–Trinajstić information content (AvgIpc) is 2.64. The number of ketones is 1. The Morgan fingerprint density at radius 3 is 2.52 bits per heavy atom. The van der Waals surface area contributed by atoms with Crippen LogP contribution in [0.3, 0.4) is 0 Å². The average molecular weight is 357 g/mol. The SMILES string of the molecule is COc1cc(Nc2cnc(C(C)=O)c3c2C2CCC3CC2)ccc1Cl. The number of carbonyl (C=O) groups is 1. The summed E-state index contributed by atoms with van der Waals surface area (Å²) in [6.45, 7) is 1.61. The van der Waals surface area contributed by atoms with Crippen molar-refractivity contribution in [3.63, 3.8) is 0 Å². The van der Waals surface area contributed by atoms with Crippen molar-refractivity contribution in [2.24, 2.45) is 0 Å². The summed E-state index contributed by atoms with van der Waals surface area (Å²) in [4.78, 5) is 16.6. The Morgan fingerprint density at radius 1 is 1.20 bits per heavy atom. The summed E-state index contributed by atoms with van der Waals surface area (Å²) >= 11 is 6.12. The van der Waals surface area contributed by atoms with E-state index >= 15 is 0 Å². The summed E-state index contributed by atoms with van der Waals surface area (Å²) in [6.07, 6.45) is 6.52. The van der Waals surface area contributed by atoms with E-state index in [9.17, 15) is 4.79 Å². The lowest BCUT2D eigenvalue weighted by Crippen LogP contribution is -2.26. The molecule has 1 aromatic heterocycles. The van der Waals surface area contributed by atoms with Gasteiger partial charge in [-0.15, -0.1) is 0 Å². The third-order valence-corrected chi connectivity index (χ3v) is 5.78. The van der Waals surface area contributed by atoms with Crippen LogP contribution in [-0.4, -0.2) is 17.9 Å². The minimum absolute atomic E-state index is 0.0588. The van der Waals surface area contributed by atoms with Gasteiger partial charge in [-0.1, -0.05) is 11.6 Å². The minimum atomic E-state index is 0.0588. The van der Waals surface area contributed by atoms with Gasteiger partial charge in [0, 0.05) is 18.7 Å². The highest BCUT2D eigenvalue weighted by Gasteiger charge is 2.37. The molecule has 0 aliphatic heterocycles. The van der Waals surface area contributed by atoms with Gasteiger partial charge in [0.25, 0.3) is 0 Å². The Hall–Kier alpha value is -2.07. The largest absolute Gasteiger partial charge is 0.495 e. The van der Waals surface area contributed by atoms with Gasteiger partial charge in [0.1, 0.15) is 11.4 Å². The van der Waals surface area contributed by atoms with E-state index in [2.05, 4.69) is 10.3 Å². The number of halogens is 1. The number of nitrogens with one attached hydrogen (secondary N) is 1. The maximum atomic E-state index is 12.1. The van der Waals surface area contributed by atoms with Gasteiger partial charge in [-0.2, -0.15) is 0 Å². The molecule has 0 saturated heterocycles. The summed E-state index contributed by atoms with van der Waals surface area (Å²) in [5, 5.41) is 4.06. The van der Waals surface area contributed by atoms with Gasteiger partial charge >= 0.3 is 0 Å². The van der Waals surface area contributed by atoms with Crippen molar-refractivity contribution in [1.82, 2.24) is 4.98 Å². The zero-order chi connectivity index (χ0) is 17.6. The quantitative estimate of drug-likeness (QED) is 0.740. The maximum absolute atomic E-state index is 12.1. The van der Waals surface area contributed by atoms with Crippen molar-refractivity contribution in [2.75, 3.05) is 12.4 Å². The molecule has 2 bridgehead atoms. The predicted molar refractivity (Wildman–Crippen MR) is 99.5 cm³/mol. The highest BCUT2D eigenvalue weighted by atomic mass is 35.5. The number of fused-ring (bicyclic) bond motifs is 2.